The van der Waals surface area contributed by atoms with Crippen LogP contribution in [-0.2, 0) is 4.79 Å². The first kappa shape index (κ1) is 15.3. The molecule has 108 valence electrons. The van der Waals surface area contributed by atoms with Crippen LogP contribution in [0.5, 0.6) is 0 Å². The van der Waals surface area contributed by atoms with E-state index in [1.54, 1.807) is 6.08 Å². The van der Waals surface area contributed by atoms with Crippen molar-refractivity contribution in [2.75, 3.05) is 5.73 Å². The van der Waals surface area contributed by atoms with Crippen LogP contribution in [0.25, 0.3) is 6.08 Å². The Bertz CT molecular complexity index is 650. The molecule has 21 heavy (non-hydrogen) atoms. The summed E-state index contributed by atoms with van der Waals surface area (Å²) in [6.07, 6.45) is 3.29. The van der Waals surface area contributed by atoms with Crippen molar-refractivity contribution in [1.82, 2.24) is 5.32 Å². The molecule has 0 saturated heterocycles. The standard InChI is InChI=1S/C17H17BrN2O/c1-12(14-3-2-4-15(18)11-14)20-17(21)10-7-13-5-8-16(19)9-6-13/h2-12H,19H2,1H3,(H,20,21)/b10-7+/t12-/m0/s1. The first-order valence-corrected chi connectivity index (χ1v) is 7.43. The van der Waals surface area contributed by atoms with E-state index in [2.05, 4.69) is 21.2 Å². The smallest absolute Gasteiger partial charge is 0.244 e. The maximum Gasteiger partial charge on any atom is 0.244 e. The Morgan fingerprint density at radius 3 is 2.62 bits per heavy atom. The van der Waals surface area contributed by atoms with Gasteiger partial charge in [-0.05, 0) is 48.4 Å². The summed E-state index contributed by atoms with van der Waals surface area (Å²) in [6, 6.07) is 15.2. The fourth-order valence-corrected chi connectivity index (χ4v) is 2.32. The van der Waals surface area contributed by atoms with Crippen molar-refractivity contribution >= 4 is 33.6 Å². The molecule has 4 heteroatoms. The number of hydrogen-bond acceptors (Lipinski definition) is 2. The second-order valence-corrected chi connectivity index (χ2v) is 5.70. The van der Waals surface area contributed by atoms with Gasteiger partial charge in [0.25, 0.3) is 0 Å². The summed E-state index contributed by atoms with van der Waals surface area (Å²) in [5.41, 5.74) is 8.32. The summed E-state index contributed by atoms with van der Waals surface area (Å²) in [5.74, 6) is -0.126. The second kappa shape index (κ2) is 7.09. The van der Waals surface area contributed by atoms with Crippen molar-refractivity contribution in [1.29, 1.82) is 0 Å². The molecule has 0 saturated carbocycles. The van der Waals surface area contributed by atoms with Gasteiger partial charge in [0.15, 0.2) is 0 Å². The third-order valence-corrected chi connectivity index (χ3v) is 3.56. The third-order valence-electron chi connectivity index (χ3n) is 3.07. The van der Waals surface area contributed by atoms with Gasteiger partial charge in [-0.25, -0.2) is 0 Å². The van der Waals surface area contributed by atoms with Crippen molar-refractivity contribution in [3.8, 4) is 0 Å². The Labute approximate surface area is 133 Å². The molecule has 2 rings (SSSR count). The SMILES string of the molecule is C[C@H](NC(=O)/C=C/c1ccc(N)cc1)c1cccc(Br)c1. The molecule has 0 unspecified atom stereocenters. The van der Waals surface area contributed by atoms with Crippen LogP contribution in [0.15, 0.2) is 59.1 Å². The number of nitrogens with one attached hydrogen (secondary N) is 1. The molecule has 0 spiro atoms. The highest BCUT2D eigenvalue weighted by Crippen LogP contribution is 2.17. The summed E-state index contributed by atoms with van der Waals surface area (Å²) in [4.78, 5) is 11.9. The molecule has 0 radical (unpaired) electrons. The number of rotatable bonds is 4. The van der Waals surface area contributed by atoms with E-state index in [9.17, 15) is 4.79 Å². The van der Waals surface area contributed by atoms with E-state index in [0.717, 1.165) is 15.6 Å². The summed E-state index contributed by atoms with van der Waals surface area (Å²) in [7, 11) is 0. The number of halogens is 1. The van der Waals surface area contributed by atoms with Crippen molar-refractivity contribution < 1.29 is 4.79 Å². The molecule has 2 aromatic carbocycles. The molecular formula is C17H17BrN2O. The number of anilines is 1. The van der Waals surface area contributed by atoms with Gasteiger partial charge < -0.3 is 11.1 Å². The zero-order chi connectivity index (χ0) is 15.2. The van der Waals surface area contributed by atoms with Crippen LogP contribution in [0.3, 0.4) is 0 Å². The Morgan fingerprint density at radius 2 is 1.95 bits per heavy atom. The van der Waals surface area contributed by atoms with E-state index >= 15 is 0 Å². The van der Waals surface area contributed by atoms with Gasteiger partial charge in [-0.2, -0.15) is 0 Å². The van der Waals surface area contributed by atoms with E-state index in [1.807, 2.05) is 55.5 Å². The van der Waals surface area contributed by atoms with E-state index in [1.165, 1.54) is 6.08 Å². The largest absolute Gasteiger partial charge is 0.399 e. The highest BCUT2D eigenvalue weighted by atomic mass is 79.9. The third kappa shape index (κ3) is 4.76. The number of nitrogens with two attached hydrogens (primary N) is 1. The monoisotopic (exact) mass is 344 g/mol. The molecule has 0 aromatic heterocycles. The number of benzene rings is 2. The zero-order valence-electron chi connectivity index (χ0n) is 11.7. The van der Waals surface area contributed by atoms with Crippen molar-refractivity contribution in [2.24, 2.45) is 0 Å². The lowest BCUT2D eigenvalue weighted by atomic mass is 10.1. The van der Waals surface area contributed by atoms with E-state index in [-0.39, 0.29) is 11.9 Å². The molecule has 0 heterocycles. The Hall–Kier alpha value is -2.07. The molecule has 0 bridgehead atoms. The Balaban J connectivity index is 1.96. The molecule has 0 aliphatic rings. The van der Waals surface area contributed by atoms with Crippen LogP contribution in [0.2, 0.25) is 0 Å². The summed E-state index contributed by atoms with van der Waals surface area (Å²) in [6.45, 7) is 1.96. The lowest BCUT2D eigenvalue weighted by Crippen LogP contribution is -2.24. The van der Waals surface area contributed by atoms with Gasteiger partial charge in [-0.1, -0.05) is 40.2 Å². The average Bonchev–Trinajstić information content (AvgIpc) is 2.46. The van der Waals surface area contributed by atoms with Gasteiger partial charge in [0.2, 0.25) is 5.91 Å². The first-order valence-electron chi connectivity index (χ1n) is 6.64. The average molecular weight is 345 g/mol. The molecule has 2 aromatic rings. The zero-order valence-corrected chi connectivity index (χ0v) is 13.3. The lowest BCUT2D eigenvalue weighted by molar-refractivity contribution is -0.117. The van der Waals surface area contributed by atoms with Crippen LogP contribution in [0.1, 0.15) is 24.1 Å². The van der Waals surface area contributed by atoms with Gasteiger partial charge in [0, 0.05) is 16.2 Å². The summed E-state index contributed by atoms with van der Waals surface area (Å²) < 4.78 is 0.999. The normalized spacial score (nSPS) is 12.3. The van der Waals surface area contributed by atoms with E-state index in [0.29, 0.717) is 5.69 Å². The highest BCUT2D eigenvalue weighted by molar-refractivity contribution is 9.10. The Morgan fingerprint density at radius 1 is 1.24 bits per heavy atom. The van der Waals surface area contributed by atoms with Crippen LogP contribution in [-0.4, -0.2) is 5.91 Å². The number of hydrogen-bond donors (Lipinski definition) is 2. The molecule has 1 amide bonds. The number of nitrogen functional groups attached to an aromatic ring is 1. The van der Waals surface area contributed by atoms with Gasteiger partial charge in [0.1, 0.15) is 0 Å². The second-order valence-electron chi connectivity index (χ2n) is 4.79. The fraction of sp³-hybridized carbons (Fsp3) is 0.118. The molecule has 0 aliphatic carbocycles. The van der Waals surface area contributed by atoms with Gasteiger partial charge in [-0.15, -0.1) is 0 Å². The molecule has 3 nitrogen and oxygen atoms in total. The van der Waals surface area contributed by atoms with E-state index < -0.39 is 0 Å². The van der Waals surface area contributed by atoms with Crippen LogP contribution in [0, 0.1) is 0 Å². The van der Waals surface area contributed by atoms with Crippen LogP contribution >= 0.6 is 15.9 Å². The maximum absolute atomic E-state index is 11.9. The van der Waals surface area contributed by atoms with Gasteiger partial charge >= 0.3 is 0 Å². The maximum atomic E-state index is 11.9. The molecule has 0 fully saturated rings. The minimum Gasteiger partial charge on any atom is -0.399 e. The molecular weight excluding hydrogens is 328 g/mol. The molecule has 0 aliphatic heterocycles. The van der Waals surface area contributed by atoms with Crippen LogP contribution < -0.4 is 11.1 Å². The van der Waals surface area contributed by atoms with Crippen LogP contribution in [0.4, 0.5) is 5.69 Å². The predicted molar refractivity (Wildman–Crippen MR) is 90.6 cm³/mol. The van der Waals surface area contributed by atoms with Gasteiger partial charge in [0.05, 0.1) is 6.04 Å². The molecule has 3 N–H and O–H groups in total. The minimum atomic E-state index is -0.126. The molecule has 1 atom stereocenters. The summed E-state index contributed by atoms with van der Waals surface area (Å²) >= 11 is 3.43. The fourth-order valence-electron chi connectivity index (χ4n) is 1.90. The predicted octanol–water partition coefficient (Wildman–Crippen LogP) is 3.92. The Kier molecular flexibility index (Phi) is 5.17. The van der Waals surface area contributed by atoms with Gasteiger partial charge in [-0.3, -0.25) is 4.79 Å². The topological polar surface area (TPSA) is 55.1 Å². The van der Waals surface area contributed by atoms with Crippen molar-refractivity contribution in [3.05, 3.63) is 70.2 Å². The number of amides is 1. The lowest BCUT2D eigenvalue weighted by Gasteiger charge is -2.13. The van der Waals surface area contributed by atoms with Crippen molar-refractivity contribution in [2.45, 2.75) is 13.0 Å². The first-order chi connectivity index (χ1) is 10.0. The minimum absolute atomic E-state index is 0.0499. The number of carbonyl (C=O) groups excluding carboxylic acids is 1. The quantitative estimate of drug-likeness (QED) is 0.652. The number of carbonyl (C=O) groups is 1. The van der Waals surface area contributed by atoms with Crippen molar-refractivity contribution in [3.63, 3.8) is 0 Å². The van der Waals surface area contributed by atoms with E-state index in [4.69, 9.17) is 5.73 Å². The summed E-state index contributed by atoms with van der Waals surface area (Å²) in [5, 5.41) is 2.93. The highest BCUT2D eigenvalue weighted by Gasteiger charge is 2.07.